The average molecular weight is 260 g/mol. The predicted octanol–water partition coefficient (Wildman–Crippen LogP) is 0.765. The zero-order chi connectivity index (χ0) is 14.3. The average Bonchev–Trinajstić information content (AvgIpc) is 2.13. The summed E-state index contributed by atoms with van der Waals surface area (Å²) in [5.41, 5.74) is -0.593. The number of carbonyl (C=O) groups is 2. The maximum atomic E-state index is 11.3. The van der Waals surface area contributed by atoms with Crippen LogP contribution in [0.25, 0.3) is 0 Å². The molecule has 0 aliphatic heterocycles. The molecule has 0 aromatic rings. The molecule has 1 atom stereocenters. The van der Waals surface area contributed by atoms with Crippen molar-refractivity contribution < 1.29 is 24.5 Å². The summed E-state index contributed by atoms with van der Waals surface area (Å²) in [6.45, 7) is 6.87. The Balaban J connectivity index is 4.05. The van der Waals surface area contributed by atoms with Gasteiger partial charge in [-0.25, -0.2) is 9.59 Å². The Labute approximate surface area is 106 Å². The first-order chi connectivity index (χ1) is 8.11. The van der Waals surface area contributed by atoms with Gasteiger partial charge < -0.3 is 14.9 Å². The van der Waals surface area contributed by atoms with Gasteiger partial charge in [-0.1, -0.05) is 0 Å². The predicted molar refractivity (Wildman–Crippen MR) is 65.6 cm³/mol. The highest BCUT2D eigenvalue weighted by molar-refractivity contribution is 5.93. The molecule has 0 saturated carbocycles. The van der Waals surface area contributed by atoms with Gasteiger partial charge in [-0.3, -0.25) is 10.3 Å². The number of nitrogens with zero attached hydrogens (tertiary/aromatic N) is 1. The summed E-state index contributed by atoms with van der Waals surface area (Å²) >= 11 is 0. The van der Waals surface area contributed by atoms with Crippen molar-refractivity contribution in [2.24, 2.45) is 4.99 Å². The third kappa shape index (κ3) is 8.51. The lowest BCUT2D eigenvalue weighted by Crippen LogP contribution is -2.35. The third-order valence-corrected chi connectivity index (χ3v) is 1.72. The van der Waals surface area contributed by atoms with Crippen LogP contribution in [0.15, 0.2) is 4.99 Å². The van der Waals surface area contributed by atoms with Gasteiger partial charge in [-0.2, -0.15) is 0 Å². The van der Waals surface area contributed by atoms with E-state index in [9.17, 15) is 9.59 Å². The molecule has 0 saturated heterocycles. The number of rotatable bonds is 4. The van der Waals surface area contributed by atoms with E-state index in [2.05, 4.69) is 10.3 Å². The Morgan fingerprint density at radius 1 is 1.39 bits per heavy atom. The van der Waals surface area contributed by atoms with Gasteiger partial charge in [0.1, 0.15) is 11.4 Å². The largest absolute Gasteiger partial charge is 0.479 e. The summed E-state index contributed by atoms with van der Waals surface area (Å²) in [6.07, 6.45) is -2.08. The number of nitrogens with one attached hydrogen (secondary N) is 1. The molecule has 104 valence electrons. The zero-order valence-electron chi connectivity index (χ0n) is 11.1. The fraction of sp³-hybridized carbons (Fsp3) is 0.727. The van der Waals surface area contributed by atoms with Crippen LogP contribution in [0.3, 0.4) is 0 Å². The van der Waals surface area contributed by atoms with Gasteiger partial charge in [-0.15, -0.1) is 0 Å². The first-order valence-corrected chi connectivity index (χ1v) is 5.54. The minimum absolute atomic E-state index is 0.0112. The van der Waals surface area contributed by atoms with Crippen molar-refractivity contribution in [3.05, 3.63) is 0 Å². The number of carboxylic acids is 1. The third-order valence-electron chi connectivity index (χ3n) is 1.72. The van der Waals surface area contributed by atoms with E-state index >= 15 is 0 Å². The second kappa shape index (κ2) is 6.95. The standard InChI is InChI=1S/C11H20N2O5/c1-7(12-6-5-8(14)9(15)16)13-10(17)18-11(2,3)4/h8,14H,5-6H2,1-4H3,(H,15,16)(H,12,13,17). The fourth-order valence-corrected chi connectivity index (χ4v) is 0.969. The van der Waals surface area contributed by atoms with Gasteiger partial charge >= 0.3 is 12.1 Å². The Bertz CT molecular complexity index is 333. The van der Waals surface area contributed by atoms with Crippen molar-refractivity contribution in [3.63, 3.8) is 0 Å². The van der Waals surface area contributed by atoms with E-state index in [1.54, 1.807) is 27.7 Å². The molecule has 1 unspecified atom stereocenters. The van der Waals surface area contributed by atoms with Crippen molar-refractivity contribution in [2.75, 3.05) is 6.54 Å². The quantitative estimate of drug-likeness (QED) is 0.511. The number of carboxylic acid groups (broad SMARTS) is 1. The highest BCUT2D eigenvalue weighted by Gasteiger charge is 2.16. The van der Waals surface area contributed by atoms with Gasteiger partial charge in [-0.05, 0) is 27.7 Å². The van der Waals surface area contributed by atoms with Crippen molar-refractivity contribution in [1.82, 2.24) is 5.32 Å². The number of carbonyl (C=O) groups excluding carboxylic acids is 1. The van der Waals surface area contributed by atoms with E-state index in [0.717, 1.165) is 0 Å². The molecule has 0 aromatic heterocycles. The molecule has 18 heavy (non-hydrogen) atoms. The van der Waals surface area contributed by atoms with Crippen LogP contribution in [0.1, 0.15) is 34.1 Å². The molecule has 0 fully saturated rings. The molecule has 0 spiro atoms. The molecule has 1 amide bonds. The smallest absolute Gasteiger partial charge is 0.413 e. The molecule has 7 heteroatoms. The van der Waals surface area contributed by atoms with Crippen molar-refractivity contribution >= 4 is 17.9 Å². The lowest BCUT2D eigenvalue weighted by molar-refractivity contribution is -0.146. The Morgan fingerprint density at radius 2 is 1.94 bits per heavy atom. The van der Waals surface area contributed by atoms with Crippen LogP contribution < -0.4 is 5.32 Å². The number of amides is 1. The monoisotopic (exact) mass is 260 g/mol. The number of aliphatic carboxylic acids is 1. The molecule has 0 heterocycles. The van der Waals surface area contributed by atoms with Gasteiger partial charge in [0.15, 0.2) is 6.10 Å². The van der Waals surface area contributed by atoms with Crippen LogP contribution in [0.2, 0.25) is 0 Å². The second-order valence-electron chi connectivity index (χ2n) is 4.74. The number of aliphatic hydroxyl groups is 1. The van der Waals surface area contributed by atoms with Crippen LogP contribution >= 0.6 is 0 Å². The van der Waals surface area contributed by atoms with E-state index in [1.165, 1.54) is 0 Å². The van der Waals surface area contributed by atoms with E-state index in [0.29, 0.717) is 5.84 Å². The van der Waals surface area contributed by atoms with Crippen LogP contribution in [0.4, 0.5) is 4.79 Å². The van der Waals surface area contributed by atoms with E-state index < -0.39 is 23.8 Å². The van der Waals surface area contributed by atoms with Crippen LogP contribution in [-0.4, -0.2) is 46.4 Å². The molecule has 0 aliphatic carbocycles. The Kier molecular flexibility index (Phi) is 6.32. The number of amidine groups is 1. The van der Waals surface area contributed by atoms with Gasteiger partial charge in [0.05, 0.1) is 0 Å². The number of aliphatic hydroxyl groups excluding tert-OH is 1. The maximum absolute atomic E-state index is 11.3. The first-order valence-electron chi connectivity index (χ1n) is 5.54. The molecule has 0 aromatic carbocycles. The normalized spacial score (nSPS) is 13.9. The Hall–Kier alpha value is -1.63. The minimum atomic E-state index is -1.44. The molecule has 0 radical (unpaired) electrons. The van der Waals surface area contributed by atoms with Crippen LogP contribution in [0, 0.1) is 0 Å². The molecule has 0 aliphatic rings. The molecular weight excluding hydrogens is 240 g/mol. The van der Waals surface area contributed by atoms with E-state index in [-0.39, 0.29) is 13.0 Å². The highest BCUT2D eigenvalue weighted by atomic mass is 16.6. The van der Waals surface area contributed by atoms with E-state index in [1.807, 2.05) is 0 Å². The summed E-state index contributed by atoms with van der Waals surface area (Å²) in [7, 11) is 0. The number of hydrogen-bond donors (Lipinski definition) is 3. The summed E-state index contributed by atoms with van der Waals surface area (Å²) in [4.78, 5) is 25.5. The van der Waals surface area contributed by atoms with Crippen molar-refractivity contribution in [2.45, 2.75) is 45.8 Å². The number of alkyl carbamates (subject to hydrolysis) is 1. The zero-order valence-corrected chi connectivity index (χ0v) is 11.1. The maximum Gasteiger partial charge on any atom is 0.413 e. The van der Waals surface area contributed by atoms with Gasteiger partial charge in [0.25, 0.3) is 0 Å². The van der Waals surface area contributed by atoms with E-state index in [4.69, 9.17) is 14.9 Å². The van der Waals surface area contributed by atoms with Crippen LogP contribution in [-0.2, 0) is 9.53 Å². The number of aliphatic imine (C=N–C) groups is 1. The number of hydrogen-bond acceptors (Lipinski definition) is 5. The van der Waals surface area contributed by atoms with Crippen LogP contribution in [0.5, 0.6) is 0 Å². The van der Waals surface area contributed by atoms with Crippen molar-refractivity contribution in [1.29, 1.82) is 0 Å². The van der Waals surface area contributed by atoms with Crippen molar-refractivity contribution in [3.8, 4) is 0 Å². The topological polar surface area (TPSA) is 108 Å². The molecule has 0 bridgehead atoms. The second-order valence-corrected chi connectivity index (χ2v) is 4.74. The first kappa shape index (κ1) is 16.4. The molecule has 3 N–H and O–H groups in total. The molecule has 7 nitrogen and oxygen atoms in total. The Morgan fingerprint density at radius 3 is 2.39 bits per heavy atom. The SMILES string of the molecule is CC(=NCCC(O)C(=O)O)NC(=O)OC(C)(C)C. The summed E-state index contributed by atoms with van der Waals surface area (Å²) < 4.78 is 5.00. The lowest BCUT2D eigenvalue weighted by Gasteiger charge is -2.19. The lowest BCUT2D eigenvalue weighted by atomic mass is 10.2. The minimum Gasteiger partial charge on any atom is -0.479 e. The van der Waals surface area contributed by atoms with Gasteiger partial charge in [0.2, 0.25) is 0 Å². The summed E-state index contributed by atoms with van der Waals surface area (Å²) in [5, 5.41) is 19.8. The molecular formula is C11H20N2O5. The fourth-order valence-electron chi connectivity index (χ4n) is 0.969. The highest BCUT2D eigenvalue weighted by Crippen LogP contribution is 2.06. The molecule has 0 rings (SSSR count). The number of ether oxygens (including phenoxy) is 1. The summed E-state index contributed by atoms with van der Waals surface area (Å²) in [6, 6.07) is 0. The summed E-state index contributed by atoms with van der Waals surface area (Å²) in [5.74, 6) is -0.982. The van der Waals surface area contributed by atoms with Gasteiger partial charge in [0, 0.05) is 13.0 Å².